The standard InChI is InChI=1S/C7H8O3S.C2H3N.H2O/c1-6-2-4-7(5-3-6)11(8,9)10;1-2-3;/h2-5H,1H3,(H,8,9,10);1H3;1H2. The number of nitriles is 1. The van der Waals surface area contributed by atoms with Gasteiger partial charge in [-0.3, -0.25) is 4.55 Å². The van der Waals surface area contributed by atoms with Crippen molar-refractivity contribution in [2.45, 2.75) is 18.7 Å². The Kier molecular flexibility index (Phi) is 7.43. The number of hydrogen-bond acceptors (Lipinski definition) is 3. The number of rotatable bonds is 1. The highest BCUT2D eigenvalue weighted by molar-refractivity contribution is 7.85. The number of aryl methyl sites for hydroxylation is 1. The summed E-state index contributed by atoms with van der Waals surface area (Å²) in [4.78, 5) is -0.0666. The normalized spacial score (nSPS) is 8.93. The Labute approximate surface area is 89.0 Å². The highest BCUT2D eigenvalue weighted by atomic mass is 32.2. The van der Waals surface area contributed by atoms with Gasteiger partial charge >= 0.3 is 0 Å². The van der Waals surface area contributed by atoms with Gasteiger partial charge in [0, 0.05) is 6.92 Å². The summed E-state index contributed by atoms with van der Waals surface area (Å²) in [6, 6.07) is 7.74. The summed E-state index contributed by atoms with van der Waals surface area (Å²) >= 11 is 0. The van der Waals surface area contributed by atoms with Crippen LogP contribution in [0.4, 0.5) is 0 Å². The highest BCUT2D eigenvalue weighted by Crippen LogP contribution is 2.08. The maximum atomic E-state index is 10.5. The Morgan fingerprint density at radius 3 is 1.87 bits per heavy atom. The summed E-state index contributed by atoms with van der Waals surface area (Å²) in [6.07, 6.45) is 0. The molecule has 84 valence electrons. The van der Waals surface area contributed by atoms with Crippen LogP contribution in [0.1, 0.15) is 12.5 Å². The van der Waals surface area contributed by atoms with Gasteiger partial charge in [-0.05, 0) is 19.1 Å². The first kappa shape index (κ1) is 16.0. The Hall–Kier alpha value is -1.42. The van der Waals surface area contributed by atoms with E-state index >= 15 is 0 Å². The Morgan fingerprint density at radius 2 is 1.60 bits per heavy atom. The van der Waals surface area contributed by atoms with E-state index in [4.69, 9.17) is 9.81 Å². The van der Waals surface area contributed by atoms with Crippen LogP contribution in [-0.4, -0.2) is 18.4 Å². The molecule has 1 aromatic rings. The molecule has 0 bridgehead atoms. The fourth-order valence-corrected chi connectivity index (χ4v) is 1.19. The molecule has 0 atom stereocenters. The molecule has 1 aromatic carbocycles. The zero-order chi connectivity index (χ0) is 11.2. The van der Waals surface area contributed by atoms with Crippen LogP contribution in [0.25, 0.3) is 0 Å². The minimum atomic E-state index is -4.02. The maximum absolute atomic E-state index is 10.5. The Bertz CT molecular complexity index is 416. The lowest BCUT2D eigenvalue weighted by molar-refractivity contribution is 0.483. The van der Waals surface area contributed by atoms with E-state index in [-0.39, 0.29) is 10.4 Å². The van der Waals surface area contributed by atoms with Gasteiger partial charge in [0.15, 0.2) is 0 Å². The molecule has 3 N–H and O–H groups in total. The molecule has 0 saturated carbocycles. The minimum Gasteiger partial charge on any atom is -0.412 e. The van der Waals surface area contributed by atoms with Gasteiger partial charge in [0.2, 0.25) is 0 Å². The van der Waals surface area contributed by atoms with E-state index in [9.17, 15) is 8.42 Å². The first-order valence-electron chi connectivity index (χ1n) is 3.77. The average Bonchev–Trinajstić information content (AvgIpc) is 2.04. The molecule has 0 spiro atoms. The second-order valence-electron chi connectivity index (χ2n) is 2.51. The van der Waals surface area contributed by atoms with Crippen LogP contribution in [0, 0.1) is 18.3 Å². The van der Waals surface area contributed by atoms with Gasteiger partial charge in [-0.2, -0.15) is 13.7 Å². The lowest BCUT2D eigenvalue weighted by Gasteiger charge is -1.95. The molecule has 0 aliphatic rings. The van der Waals surface area contributed by atoms with Gasteiger partial charge in [-0.1, -0.05) is 17.7 Å². The number of nitrogens with zero attached hydrogens (tertiary/aromatic N) is 1. The van der Waals surface area contributed by atoms with Gasteiger partial charge in [0.1, 0.15) is 0 Å². The fraction of sp³-hybridized carbons (Fsp3) is 0.222. The van der Waals surface area contributed by atoms with E-state index in [0.717, 1.165) is 5.56 Å². The average molecular weight is 231 g/mol. The van der Waals surface area contributed by atoms with Crippen LogP contribution >= 0.6 is 0 Å². The van der Waals surface area contributed by atoms with Gasteiger partial charge < -0.3 is 5.48 Å². The minimum absolute atomic E-state index is 0. The van der Waals surface area contributed by atoms with E-state index < -0.39 is 10.1 Å². The molecule has 0 radical (unpaired) electrons. The van der Waals surface area contributed by atoms with Crippen molar-refractivity contribution in [2.75, 3.05) is 0 Å². The summed E-state index contributed by atoms with van der Waals surface area (Å²) in [5.41, 5.74) is 0.956. The molecular formula is C9H13NO4S. The topological polar surface area (TPSA) is 110 Å². The molecule has 0 heterocycles. The lowest BCUT2D eigenvalue weighted by atomic mass is 10.2. The molecule has 15 heavy (non-hydrogen) atoms. The smallest absolute Gasteiger partial charge is 0.294 e. The second kappa shape index (κ2) is 6.95. The Morgan fingerprint density at radius 1 is 1.27 bits per heavy atom. The van der Waals surface area contributed by atoms with Crippen molar-refractivity contribution in [3.8, 4) is 6.07 Å². The van der Waals surface area contributed by atoms with E-state index in [1.165, 1.54) is 19.1 Å². The van der Waals surface area contributed by atoms with Gasteiger partial charge in [-0.15, -0.1) is 0 Å². The predicted octanol–water partition coefficient (Wildman–Crippen LogP) is 0.947. The molecule has 0 saturated heterocycles. The van der Waals surface area contributed by atoms with E-state index in [2.05, 4.69) is 0 Å². The van der Waals surface area contributed by atoms with Gasteiger partial charge in [0.25, 0.3) is 10.1 Å². The third kappa shape index (κ3) is 6.62. The van der Waals surface area contributed by atoms with Crippen molar-refractivity contribution in [3.05, 3.63) is 29.8 Å². The summed E-state index contributed by atoms with van der Waals surface area (Å²) < 4.78 is 29.6. The van der Waals surface area contributed by atoms with Crippen LogP contribution in [0.5, 0.6) is 0 Å². The van der Waals surface area contributed by atoms with Crippen LogP contribution < -0.4 is 0 Å². The van der Waals surface area contributed by atoms with Crippen LogP contribution in [-0.2, 0) is 10.1 Å². The van der Waals surface area contributed by atoms with Gasteiger partial charge in [-0.25, -0.2) is 0 Å². The van der Waals surface area contributed by atoms with E-state index in [1.807, 2.05) is 6.92 Å². The van der Waals surface area contributed by atoms with Crippen LogP contribution in [0.3, 0.4) is 0 Å². The molecule has 1 rings (SSSR count). The third-order valence-electron chi connectivity index (χ3n) is 1.32. The van der Waals surface area contributed by atoms with Crippen LogP contribution in [0.2, 0.25) is 0 Å². The zero-order valence-electron chi connectivity index (χ0n) is 8.43. The summed E-state index contributed by atoms with van der Waals surface area (Å²) in [5.74, 6) is 0. The molecule has 0 aromatic heterocycles. The molecule has 0 aliphatic heterocycles. The zero-order valence-corrected chi connectivity index (χ0v) is 9.25. The molecule has 0 fully saturated rings. The fourth-order valence-electron chi connectivity index (χ4n) is 0.710. The molecular weight excluding hydrogens is 218 g/mol. The SMILES string of the molecule is CC#N.Cc1ccc(S(=O)(=O)O)cc1.O. The third-order valence-corrected chi connectivity index (χ3v) is 2.19. The number of hydrogen-bond donors (Lipinski definition) is 1. The molecule has 0 unspecified atom stereocenters. The second-order valence-corrected chi connectivity index (χ2v) is 3.93. The van der Waals surface area contributed by atoms with Crippen molar-refractivity contribution in [2.24, 2.45) is 0 Å². The van der Waals surface area contributed by atoms with E-state index in [1.54, 1.807) is 18.2 Å². The summed E-state index contributed by atoms with van der Waals surface area (Å²) in [7, 11) is -4.02. The van der Waals surface area contributed by atoms with Gasteiger partial charge in [0.05, 0.1) is 11.0 Å². The maximum Gasteiger partial charge on any atom is 0.294 e. The van der Waals surface area contributed by atoms with Crippen LogP contribution in [0.15, 0.2) is 29.2 Å². The lowest BCUT2D eigenvalue weighted by Crippen LogP contribution is -1.96. The van der Waals surface area contributed by atoms with Crippen molar-refractivity contribution < 1.29 is 18.4 Å². The largest absolute Gasteiger partial charge is 0.412 e. The molecule has 0 aliphatic carbocycles. The van der Waals surface area contributed by atoms with Crippen molar-refractivity contribution in [3.63, 3.8) is 0 Å². The van der Waals surface area contributed by atoms with Crippen molar-refractivity contribution in [1.82, 2.24) is 0 Å². The Balaban J connectivity index is 0. The number of benzene rings is 1. The first-order chi connectivity index (χ1) is 6.41. The van der Waals surface area contributed by atoms with E-state index in [0.29, 0.717) is 0 Å². The monoisotopic (exact) mass is 231 g/mol. The molecule has 0 amide bonds. The van der Waals surface area contributed by atoms with Crippen molar-refractivity contribution in [1.29, 1.82) is 5.26 Å². The summed E-state index contributed by atoms with van der Waals surface area (Å²) in [5, 5.41) is 7.32. The quantitative estimate of drug-likeness (QED) is 0.725. The molecule has 6 heteroatoms. The highest BCUT2D eigenvalue weighted by Gasteiger charge is 2.06. The molecule has 5 nitrogen and oxygen atoms in total. The summed E-state index contributed by atoms with van der Waals surface area (Å²) in [6.45, 7) is 3.27. The predicted molar refractivity (Wildman–Crippen MR) is 55.9 cm³/mol. The first-order valence-corrected chi connectivity index (χ1v) is 5.21. The van der Waals surface area contributed by atoms with Crippen molar-refractivity contribution >= 4 is 10.1 Å².